The SMILES string of the molecule is Cc1ccc(OCc2cc(C)c3c(c2)CCN(C2COC2)C3)c(-c2cccc(N3C[C@@H]4C[C@]4(C(=O)O)C3)n2)c1. The number of pyridine rings is 1. The highest BCUT2D eigenvalue weighted by molar-refractivity contribution is 5.81. The zero-order chi connectivity index (χ0) is 26.7. The summed E-state index contributed by atoms with van der Waals surface area (Å²) in [7, 11) is 0. The number of carboxylic acid groups (broad SMARTS) is 1. The molecule has 0 unspecified atom stereocenters. The summed E-state index contributed by atoms with van der Waals surface area (Å²) in [6, 6.07) is 17.4. The second-order valence-electron chi connectivity index (χ2n) is 11.9. The van der Waals surface area contributed by atoms with E-state index in [-0.39, 0.29) is 5.92 Å². The van der Waals surface area contributed by atoms with Gasteiger partial charge in [0, 0.05) is 31.7 Å². The van der Waals surface area contributed by atoms with E-state index in [4.69, 9.17) is 14.5 Å². The van der Waals surface area contributed by atoms with Crippen molar-refractivity contribution in [3.05, 3.63) is 76.3 Å². The van der Waals surface area contributed by atoms with Gasteiger partial charge in [0.05, 0.1) is 30.4 Å². The predicted octanol–water partition coefficient (Wildman–Crippen LogP) is 4.61. The first-order valence-electron chi connectivity index (χ1n) is 14.0. The van der Waals surface area contributed by atoms with Crippen LogP contribution in [-0.4, -0.2) is 59.8 Å². The molecule has 3 fully saturated rings. The van der Waals surface area contributed by atoms with Crippen molar-refractivity contribution in [2.75, 3.05) is 37.7 Å². The van der Waals surface area contributed by atoms with E-state index in [1.165, 1.54) is 22.3 Å². The van der Waals surface area contributed by atoms with Gasteiger partial charge in [-0.25, -0.2) is 4.98 Å². The number of rotatable bonds is 7. The van der Waals surface area contributed by atoms with Crippen LogP contribution in [0, 0.1) is 25.2 Å². The van der Waals surface area contributed by atoms with E-state index in [2.05, 4.69) is 47.9 Å². The average Bonchev–Trinajstić information content (AvgIpc) is 3.48. The highest BCUT2D eigenvalue weighted by Crippen LogP contribution is 2.58. The maximum absolute atomic E-state index is 11.8. The van der Waals surface area contributed by atoms with Crippen molar-refractivity contribution in [2.24, 2.45) is 11.3 Å². The number of hydrogen-bond acceptors (Lipinski definition) is 6. The number of aryl methyl sites for hydroxylation is 2. The first-order chi connectivity index (χ1) is 18.9. The standard InChI is InChI=1S/C32H35N3O4/c1-20-6-7-29(39-16-22-11-21(2)27-15-34(25-17-38-18-25)9-8-23(27)12-22)26(10-20)28-4-3-5-30(33-28)35-14-24-13-32(24,19-35)31(36)37/h3-7,10-12,24-25H,8-9,13-19H2,1-2H3,(H,36,37)/t24-,32-/m0/s1. The summed E-state index contributed by atoms with van der Waals surface area (Å²) in [6.45, 7) is 9.89. The molecule has 4 aliphatic rings. The molecule has 0 amide bonds. The largest absolute Gasteiger partial charge is 0.488 e. The van der Waals surface area contributed by atoms with Crippen molar-refractivity contribution >= 4 is 11.8 Å². The zero-order valence-electron chi connectivity index (χ0n) is 22.7. The van der Waals surface area contributed by atoms with E-state index in [0.29, 0.717) is 19.2 Å². The van der Waals surface area contributed by atoms with Gasteiger partial charge in [0.25, 0.3) is 0 Å². The normalized spacial score (nSPS) is 24.2. The highest BCUT2D eigenvalue weighted by Gasteiger charge is 2.65. The molecular weight excluding hydrogens is 490 g/mol. The number of hydrogen-bond donors (Lipinski definition) is 1. The third-order valence-electron chi connectivity index (χ3n) is 9.23. The van der Waals surface area contributed by atoms with Crippen LogP contribution in [0.25, 0.3) is 11.3 Å². The summed E-state index contributed by atoms with van der Waals surface area (Å²) in [6.07, 6.45) is 1.85. The van der Waals surface area contributed by atoms with Crippen LogP contribution in [-0.2, 0) is 29.1 Å². The summed E-state index contributed by atoms with van der Waals surface area (Å²) in [5.41, 5.74) is 7.78. The number of carboxylic acids is 1. The lowest BCUT2D eigenvalue weighted by Gasteiger charge is -2.40. The number of aliphatic carboxylic acids is 1. The monoisotopic (exact) mass is 525 g/mol. The molecule has 1 N–H and O–H groups in total. The van der Waals surface area contributed by atoms with Gasteiger partial charge in [0.15, 0.2) is 0 Å². The number of piperidine rings is 1. The molecule has 0 radical (unpaired) electrons. The molecule has 2 saturated heterocycles. The number of aromatic nitrogens is 1. The van der Waals surface area contributed by atoms with Gasteiger partial charge in [-0.1, -0.05) is 29.8 Å². The minimum absolute atomic E-state index is 0.230. The Morgan fingerprint density at radius 1 is 1.18 bits per heavy atom. The third-order valence-corrected chi connectivity index (χ3v) is 9.23. The lowest BCUT2D eigenvalue weighted by atomic mass is 9.92. The number of carbonyl (C=O) groups is 1. The molecule has 3 aliphatic heterocycles. The summed E-state index contributed by atoms with van der Waals surface area (Å²) in [5.74, 6) is 1.19. The van der Waals surface area contributed by atoms with E-state index in [1.54, 1.807) is 0 Å². The summed E-state index contributed by atoms with van der Waals surface area (Å²) >= 11 is 0. The van der Waals surface area contributed by atoms with E-state index in [1.807, 2.05) is 24.3 Å². The molecule has 3 aromatic rings. The Labute approximate surface area is 229 Å². The van der Waals surface area contributed by atoms with Crippen molar-refractivity contribution in [1.29, 1.82) is 0 Å². The first kappa shape index (κ1) is 24.6. The van der Waals surface area contributed by atoms with Crippen LogP contribution in [0.4, 0.5) is 5.82 Å². The fourth-order valence-electron chi connectivity index (χ4n) is 6.66. The van der Waals surface area contributed by atoms with Crippen LogP contribution in [0.2, 0.25) is 0 Å². The van der Waals surface area contributed by atoms with Gasteiger partial charge in [0.2, 0.25) is 0 Å². The van der Waals surface area contributed by atoms with Crippen molar-refractivity contribution < 1.29 is 19.4 Å². The molecule has 2 atom stereocenters. The van der Waals surface area contributed by atoms with Crippen molar-refractivity contribution in [2.45, 2.75) is 45.9 Å². The summed E-state index contributed by atoms with van der Waals surface area (Å²) < 4.78 is 11.9. The Balaban J connectivity index is 1.10. The third kappa shape index (κ3) is 4.38. The van der Waals surface area contributed by atoms with Gasteiger partial charge in [-0.3, -0.25) is 9.69 Å². The van der Waals surface area contributed by atoms with Crippen LogP contribution in [0.5, 0.6) is 5.75 Å². The van der Waals surface area contributed by atoms with Crippen molar-refractivity contribution in [3.8, 4) is 17.0 Å². The fraction of sp³-hybridized carbons (Fsp3) is 0.438. The second kappa shape index (κ2) is 9.35. The molecule has 39 heavy (non-hydrogen) atoms. The minimum atomic E-state index is -0.678. The maximum Gasteiger partial charge on any atom is 0.311 e. The number of benzene rings is 2. The Morgan fingerprint density at radius 3 is 2.82 bits per heavy atom. The zero-order valence-corrected chi connectivity index (χ0v) is 22.7. The quantitative estimate of drug-likeness (QED) is 0.483. The van der Waals surface area contributed by atoms with Crippen molar-refractivity contribution in [3.63, 3.8) is 0 Å². The van der Waals surface area contributed by atoms with Gasteiger partial charge >= 0.3 is 5.97 Å². The van der Waals surface area contributed by atoms with E-state index in [0.717, 1.165) is 74.1 Å². The lowest BCUT2D eigenvalue weighted by molar-refractivity contribution is -0.143. The van der Waals surface area contributed by atoms with E-state index in [9.17, 15) is 9.90 Å². The van der Waals surface area contributed by atoms with Crippen LogP contribution in [0.1, 0.15) is 34.2 Å². The average molecular weight is 526 g/mol. The number of anilines is 1. The van der Waals surface area contributed by atoms with Gasteiger partial charge < -0.3 is 19.5 Å². The Morgan fingerprint density at radius 2 is 2.05 bits per heavy atom. The molecule has 0 spiro atoms. The maximum atomic E-state index is 11.8. The van der Waals surface area contributed by atoms with Crippen molar-refractivity contribution in [1.82, 2.24) is 9.88 Å². The second-order valence-corrected chi connectivity index (χ2v) is 11.9. The molecule has 1 aliphatic carbocycles. The van der Waals surface area contributed by atoms with Crippen LogP contribution in [0.15, 0.2) is 48.5 Å². The lowest BCUT2D eigenvalue weighted by Crippen LogP contribution is -2.50. The molecular formula is C32H35N3O4. The van der Waals surface area contributed by atoms with Gasteiger partial charge in [-0.05, 0) is 79.1 Å². The molecule has 7 rings (SSSR count). The van der Waals surface area contributed by atoms with Crippen LogP contribution in [0.3, 0.4) is 0 Å². The topological polar surface area (TPSA) is 75.1 Å². The minimum Gasteiger partial charge on any atom is -0.488 e. The number of ether oxygens (including phenoxy) is 2. The molecule has 7 heteroatoms. The molecule has 1 saturated carbocycles. The van der Waals surface area contributed by atoms with E-state index < -0.39 is 11.4 Å². The predicted molar refractivity (Wildman–Crippen MR) is 149 cm³/mol. The Bertz CT molecular complexity index is 1450. The molecule has 7 nitrogen and oxygen atoms in total. The Kier molecular flexibility index (Phi) is 5.90. The Hall–Kier alpha value is -3.42. The van der Waals surface area contributed by atoms with Gasteiger partial charge in [-0.15, -0.1) is 0 Å². The van der Waals surface area contributed by atoms with Gasteiger partial charge in [0.1, 0.15) is 18.2 Å². The molecule has 1 aromatic heterocycles. The molecule has 0 bridgehead atoms. The highest BCUT2D eigenvalue weighted by atomic mass is 16.5. The molecule has 4 heterocycles. The summed E-state index contributed by atoms with van der Waals surface area (Å²) in [4.78, 5) is 21.4. The number of nitrogens with zero attached hydrogens (tertiary/aromatic N) is 3. The van der Waals surface area contributed by atoms with Gasteiger partial charge in [-0.2, -0.15) is 0 Å². The fourth-order valence-corrected chi connectivity index (χ4v) is 6.66. The van der Waals surface area contributed by atoms with Crippen LogP contribution < -0.4 is 9.64 Å². The molecule has 202 valence electrons. The van der Waals surface area contributed by atoms with E-state index >= 15 is 0 Å². The smallest absolute Gasteiger partial charge is 0.311 e. The summed E-state index contributed by atoms with van der Waals surface area (Å²) in [5, 5.41) is 9.69. The first-order valence-corrected chi connectivity index (χ1v) is 14.0. The molecule has 2 aromatic carbocycles. The van der Waals surface area contributed by atoms with Crippen LogP contribution >= 0.6 is 0 Å². The number of fused-ring (bicyclic) bond motifs is 2.